The van der Waals surface area contributed by atoms with Crippen molar-refractivity contribution in [2.75, 3.05) is 0 Å². The summed E-state index contributed by atoms with van der Waals surface area (Å²) in [7, 11) is -1.34. The van der Waals surface area contributed by atoms with Crippen LogP contribution in [0.15, 0.2) is 24.3 Å². The summed E-state index contributed by atoms with van der Waals surface area (Å²) in [5, 5.41) is 0. The van der Waals surface area contributed by atoms with Crippen LogP contribution in [-0.2, 0) is 4.74 Å². The van der Waals surface area contributed by atoms with E-state index in [4.69, 9.17) is 10.5 Å². The average Bonchev–Trinajstić information content (AvgIpc) is 2.25. The van der Waals surface area contributed by atoms with Gasteiger partial charge < -0.3 is 10.5 Å². The first kappa shape index (κ1) is 14.3. The number of hydrogen-bond donors (Lipinski definition) is 1. The van der Waals surface area contributed by atoms with E-state index in [0.717, 1.165) is 11.1 Å². The molecule has 1 aromatic rings. The standard InChI is InChI=1S/C14H19NO2Si/c1-11(17-14(15)16)13-7-5-12(6-8-13)9-10-18(2,3)4/h5-8,11H,1-4H3,(H2,15,16). The summed E-state index contributed by atoms with van der Waals surface area (Å²) in [5.41, 5.74) is 10.2. The maximum absolute atomic E-state index is 10.6. The molecule has 96 valence electrons. The fraction of sp³-hybridized carbons (Fsp3) is 0.357. The van der Waals surface area contributed by atoms with Crippen LogP contribution in [0.25, 0.3) is 0 Å². The molecule has 0 fully saturated rings. The molecule has 4 heteroatoms. The lowest BCUT2D eigenvalue weighted by atomic mass is 10.1. The third kappa shape index (κ3) is 5.06. The second-order valence-corrected chi connectivity index (χ2v) is 9.95. The van der Waals surface area contributed by atoms with Gasteiger partial charge in [-0.3, -0.25) is 0 Å². The van der Waals surface area contributed by atoms with Crippen LogP contribution < -0.4 is 5.73 Å². The van der Waals surface area contributed by atoms with Crippen molar-refractivity contribution in [3.05, 3.63) is 35.4 Å². The maximum atomic E-state index is 10.6. The first-order valence-electron chi connectivity index (χ1n) is 5.87. The molecule has 0 spiro atoms. The van der Waals surface area contributed by atoms with E-state index < -0.39 is 14.2 Å². The number of carbonyl (C=O) groups is 1. The Balaban J connectivity index is 2.79. The predicted octanol–water partition coefficient (Wildman–Crippen LogP) is 3.07. The third-order valence-corrected chi connectivity index (χ3v) is 3.13. The van der Waals surface area contributed by atoms with Crippen molar-refractivity contribution in [2.45, 2.75) is 32.7 Å². The molecule has 18 heavy (non-hydrogen) atoms. The van der Waals surface area contributed by atoms with Crippen molar-refractivity contribution in [1.82, 2.24) is 0 Å². The summed E-state index contributed by atoms with van der Waals surface area (Å²) in [6.45, 7) is 8.40. The highest BCUT2D eigenvalue weighted by Crippen LogP contribution is 2.16. The lowest BCUT2D eigenvalue weighted by molar-refractivity contribution is 0.116. The lowest BCUT2D eigenvalue weighted by Gasteiger charge is -2.11. The van der Waals surface area contributed by atoms with E-state index in [1.165, 1.54) is 0 Å². The Labute approximate surface area is 109 Å². The van der Waals surface area contributed by atoms with Gasteiger partial charge in [0, 0.05) is 5.56 Å². The molecule has 0 aliphatic heterocycles. The smallest absolute Gasteiger partial charge is 0.405 e. The van der Waals surface area contributed by atoms with Crippen molar-refractivity contribution in [3.63, 3.8) is 0 Å². The van der Waals surface area contributed by atoms with Crippen LogP contribution >= 0.6 is 0 Å². The Kier molecular flexibility index (Phi) is 4.57. The zero-order chi connectivity index (χ0) is 13.8. The van der Waals surface area contributed by atoms with Gasteiger partial charge in [-0.2, -0.15) is 0 Å². The molecule has 1 aromatic carbocycles. The number of benzene rings is 1. The molecule has 1 atom stereocenters. The zero-order valence-electron chi connectivity index (χ0n) is 11.3. The SMILES string of the molecule is CC(OC(N)=O)c1ccc(C#C[Si](C)(C)C)cc1. The maximum Gasteiger partial charge on any atom is 0.405 e. The second-order valence-electron chi connectivity index (χ2n) is 5.20. The molecule has 1 rings (SSSR count). The summed E-state index contributed by atoms with van der Waals surface area (Å²) < 4.78 is 4.90. The predicted molar refractivity (Wildman–Crippen MR) is 75.7 cm³/mol. The van der Waals surface area contributed by atoms with Crippen molar-refractivity contribution >= 4 is 14.2 Å². The molecule has 0 heterocycles. The Morgan fingerprint density at radius 2 is 1.83 bits per heavy atom. The van der Waals surface area contributed by atoms with Gasteiger partial charge in [-0.1, -0.05) is 37.7 Å². The molecule has 3 nitrogen and oxygen atoms in total. The second kappa shape index (κ2) is 5.74. The summed E-state index contributed by atoms with van der Waals surface area (Å²) in [5.74, 6) is 3.17. The minimum absolute atomic E-state index is 0.332. The van der Waals surface area contributed by atoms with Crippen LogP contribution in [-0.4, -0.2) is 14.2 Å². The van der Waals surface area contributed by atoms with Crippen molar-refractivity contribution in [1.29, 1.82) is 0 Å². The van der Waals surface area contributed by atoms with E-state index in [2.05, 4.69) is 31.1 Å². The number of nitrogens with two attached hydrogens (primary N) is 1. The quantitative estimate of drug-likeness (QED) is 0.657. The fourth-order valence-corrected chi connectivity index (χ4v) is 1.86. The van der Waals surface area contributed by atoms with Crippen LogP contribution in [0.2, 0.25) is 19.6 Å². The van der Waals surface area contributed by atoms with Gasteiger partial charge >= 0.3 is 6.09 Å². The molecular weight excluding hydrogens is 242 g/mol. The van der Waals surface area contributed by atoms with Gasteiger partial charge in [0.1, 0.15) is 14.2 Å². The largest absolute Gasteiger partial charge is 0.442 e. The van der Waals surface area contributed by atoms with E-state index in [0.29, 0.717) is 0 Å². The highest BCUT2D eigenvalue weighted by Gasteiger charge is 2.09. The number of carbonyl (C=O) groups excluding carboxylic acids is 1. The molecule has 0 saturated carbocycles. The van der Waals surface area contributed by atoms with Crippen molar-refractivity contribution in [3.8, 4) is 11.5 Å². The van der Waals surface area contributed by atoms with E-state index in [-0.39, 0.29) is 6.10 Å². The van der Waals surface area contributed by atoms with Crippen LogP contribution in [0.1, 0.15) is 24.2 Å². The minimum atomic E-state index is -1.34. The highest BCUT2D eigenvalue weighted by molar-refractivity contribution is 6.83. The van der Waals surface area contributed by atoms with Crippen LogP contribution in [0.4, 0.5) is 4.79 Å². The summed E-state index contributed by atoms with van der Waals surface area (Å²) in [6, 6.07) is 7.68. The van der Waals surface area contributed by atoms with Gasteiger partial charge in [-0.25, -0.2) is 4.79 Å². The number of amides is 1. The summed E-state index contributed by atoms with van der Waals surface area (Å²) in [4.78, 5) is 10.6. The van der Waals surface area contributed by atoms with Crippen LogP contribution in [0.3, 0.4) is 0 Å². The molecule has 1 unspecified atom stereocenters. The van der Waals surface area contributed by atoms with Gasteiger partial charge in [0.25, 0.3) is 0 Å². The minimum Gasteiger partial charge on any atom is -0.442 e. The third-order valence-electron chi connectivity index (χ3n) is 2.25. The molecule has 0 bridgehead atoms. The van der Waals surface area contributed by atoms with E-state index in [1.807, 2.05) is 24.3 Å². The molecule has 0 radical (unpaired) electrons. The molecule has 0 aliphatic rings. The van der Waals surface area contributed by atoms with Gasteiger partial charge in [0.15, 0.2) is 0 Å². The lowest BCUT2D eigenvalue weighted by Crippen LogP contribution is -2.16. The molecule has 0 saturated heterocycles. The molecular formula is C14H19NO2Si. The number of ether oxygens (including phenoxy) is 1. The van der Waals surface area contributed by atoms with E-state index in [1.54, 1.807) is 6.92 Å². The topological polar surface area (TPSA) is 52.3 Å². The number of primary amides is 1. The average molecular weight is 261 g/mol. The Morgan fingerprint density at radius 1 is 1.28 bits per heavy atom. The van der Waals surface area contributed by atoms with Crippen molar-refractivity contribution in [2.24, 2.45) is 5.73 Å². The number of rotatable bonds is 2. The normalized spacial score (nSPS) is 12.2. The first-order chi connectivity index (χ1) is 8.28. The molecule has 2 N–H and O–H groups in total. The van der Waals surface area contributed by atoms with Crippen LogP contribution in [0, 0.1) is 11.5 Å². The monoisotopic (exact) mass is 261 g/mol. The molecule has 0 aliphatic carbocycles. The Bertz CT molecular complexity index is 477. The van der Waals surface area contributed by atoms with Gasteiger partial charge in [-0.15, -0.1) is 5.54 Å². The fourth-order valence-electron chi connectivity index (χ4n) is 1.34. The first-order valence-corrected chi connectivity index (χ1v) is 9.37. The van der Waals surface area contributed by atoms with Gasteiger partial charge in [0.05, 0.1) is 0 Å². The molecule has 1 amide bonds. The Morgan fingerprint density at radius 3 is 2.28 bits per heavy atom. The molecule has 0 aromatic heterocycles. The van der Waals surface area contributed by atoms with E-state index >= 15 is 0 Å². The zero-order valence-corrected chi connectivity index (χ0v) is 12.3. The van der Waals surface area contributed by atoms with Crippen LogP contribution in [0.5, 0.6) is 0 Å². The highest BCUT2D eigenvalue weighted by atomic mass is 28.3. The van der Waals surface area contributed by atoms with Crippen molar-refractivity contribution < 1.29 is 9.53 Å². The van der Waals surface area contributed by atoms with Gasteiger partial charge in [0.2, 0.25) is 0 Å². The van der Waals surface area contributed by atoms with Gasteiger partial charge in [-0.05, 0) is 24.6 Å². The van der Waals surface area contributed by atoms with E-state index in [9.17, 15) is 4.79 Å². The number of hydrogen-bond acceptors (Lipinski definition) is 2. The summed E-state index contributed by atoms with van der Waals surface area (Å²) >= 11 is 0. The summed E-state index contributed by atoms with van der Waals surface area (Å²) in [6.07, 6.45) is -1.09. The Hall–Kier alpha value is -1.73.